The fourth-order valence-electron chi connectivity index (χ4n) is 3.95. The molecule has 0 saturated heterocycles. The number of hydrogen-bond donors (Lipinski definition) is 0. The second-order valence-electron chi connectivity index (χ2n) is 6.90. The first kappa shape index (κ1) is 16.1. The van der Waals surface area contributed by atoms with Crippen LogP contribution in [-0.4, -0.2) is 17.7 Å². The third-order valence-corrected chi connectivity index (χ3v) is 6.22. The summed E-state index contributed by atoms with van der Waals surface area (Å²) in [6.07, 6.45) is 3.92. The van der Waals surface area contributed by atoms with Crippen molar-refractivity contribution in [3.05, 3.63) is 68.2 Å². The molecule has 5 nitrogen and oxygen atoms in total. The molecule has 0 aliphatic carbocycles. The molecule has 2 heterocycles. The van der Waals surface area contributed by atoms with E-state index >= 15 is 0 Å². The lowest BCUT2D eigenvalue weighted by Gasteiger charge is -2.45. The predicted octanol–water partition coefficient (Wildman–Crippen LogP) is 4.89. The van der Waals surface area contributed by atoms with E-state index < -0.39 is 10.6 Å². The van der Waals surface area contributed by atoms with Gasteiger partial charge in [0.2, 0.25) is 5.72 Å². The number of nitrogens with zero attached hydrogens (tertiary/aromatic N) is 2. The zero-order valence-electron chi connectivity index (χ0n) is 14.1. The van der Waals surface area contributed by atoms with Crippen LogP contribution in [0.15, 0.2) is 46.9 Å². The molecule has 25 heavy (non-hydrogen) atoms. The highest BCUT2D eigenvalue weighted by Gasteiger charge is 2.57. The molecule has 0 bridgehead atoms. The van der Waals surface area contributed by atoms with Gasteiger partial charge in [-0.2, -0.15) is 0 Å². The summed E-state index contributed by atoms with van der Waals surface area (Å²) in [6, 6.07) is 11.4. The molecule has 1 atom stereocenters. The SMILES string of the molecule is CN1c2ccccc2C(C)(C)C12C=Cc1c(ccc([N+](=O)[O-])c1Br)O2. The van der Waals surface area contributed by atoms with Gasteiger partial charge in [0.05, 0.1) is 10.3 Å². The molecular formula is C19H17BrN2O3. The first-order chi connectivity index (χ1) is 11.8. The Hall–Kier alpha value is -2.34. The zero-order chi connectivity index (χ0) is 18.0. The smallest absolute Gasteiger partial charge is 0.284 e. The van der Waals surface area contributed by atoms with E-state index in [1.54, 1.807) is 6.07 Å². The number of benzene rings is 2. The Morgan fingerprint density at radius 1 is 1.20 bits per heavy atom. The summed E-state index contributed by atoms with van der Waals surface area (Å²) < 4.78 is 6.93. The van der Waals surface area contributed by atoms with E-state index in [-0.39, 0.29) is 11.1 Å². The van der Waals surface area contributed by atoms with Gasteiger partial charge in [-0.3, -0.25) is 10.1 Å². The van der Waals surface area contributed by atoms with Gasteiger partial charge in [0.1, 0.15) is 10.2 Å². The number of nitro benzene ring substituents is 1. The molecule has 0 saturated carbocycles. The topological polar surface area (TPSA) is 55.6 Å². The summed E-state index contributed by atoms with van der Waals surface area (Å²) in [5, 5.41) is 11.2. The maximum Gasteiger partial charge on any atom is 0.284 e. The van der Waals surface area contributed by atoms with E-state index in [4.69, 9.17) is 4.74 Å². The molecule has 2 aromatic carbocycles. The van der Waals surface area contributed by atoms with Crippen molar-refractivity contribution in [1.29, 1.82) is 0 Å². The van der Waals surface area contributed by atoms with Crippen LogP contribution in [0.3, 0.4) is 0 Å². The minimum Gasteiger partial charge on any atom is -0.463 e. The van der Waals surface area contributed by atoms with Gasteiger partial charge in [-0.15, -0.1) is 0 Å². The van der Waals surface area contributed by atoms with E-state index in [1.165, 1.54) is 11.6 Å². The predicted molar refractivity (Wildman–Crippen MR) is 101 cm³/mol. The van der Waals surface area contributed by atoms with Crippen molar-refractivity contribution < 1.29 is 9.66 Å². The van der Waals surface area contributed by atoms with Crippen molar-refractivity contribution in [2.75, 3.05) is 11.9 Å². The van der Waals surface area contributed by atoms with E-state index in [1.807, 2.05) is 31.3 Å². The molecule has 0 radical (unpaired) electrons. The van der Waals surface area contributed by atoms with E-state index in [0.29, 0.717) is 15.8 Å². The number of anilines is 1. The fourth-order valence-corrected chi connectivity index (χ4v) is 4.55. The minimum atomic E-state index is -0.681. The molecule has 1 unspecified atom stereocenters. The van der Waals surface area contributed by atoms with Crippen LogP contribution < -0.4 is 9.64 Å². The average molecular weight is 401 g/mol. The third kappa shape index (κ3) is 1.94. The van der Waals surface area contributed by atoms with Crippen LogP contribution in [0.5, 0.6) is 5.75 Å². The van der Waals surface area contributed by atoms with Crippen molar-refractivity contribution >= 4 is 33.4 Å². The summed E-state index contributed by atoms with van der Waals surface area (Å²) in [6.45, 7) is 4.32. The van der Waals surface area contributed by atoms with Crippen LogP contribution in [0.1, 0.15) is 25.0 Å². The van der Waals surface area contributed by atoms with Crippen LogP contribution in [-0.2, 0) is 5.41 Å². The summed E-state index contributed by atoms with van der Waals surface area (Å²) in [5.41, 5.74) is 2.10. The van der Waals surface area contributed by atoms with Crippen molar-refractivity contribution in [1.82, 2.24) is 0 Å². The minimum absolute atomic E-state index is 0.0327. The number of hydrogen-bond acceptors (Lipinski definition) is 4. The van der Waals surface area contributed by atoms with Gasteiger partial charge >= 0.3 is 0 Å². The molecule has 1 spiro atoms. The monoisotopic (exact) mass is 400 g/mol. The van der Waals surface area contributed by atoms with Crippen LogP contribution in [0, 0.1) is 10.1 Å². The Balaban J connectivity index is 1.88. The molecular weight excluding hydrogens is 384 g/mol. The largest absolute Gasteiger partial charge is 0.463 e. The first-order valence-electron chi connectivity index (χ1n) is 7.98. The van der Waals surface area contributed by atoms with Crippen molar-refractivity contribution in [2.45, 2.75) is 25.0 Å². The van der Waals surface area contributed by atoms with Crippen molar-refractivity contribution in [2.24, 2.45) is 0 Å². The fraction of sp³-hybridized carbons (Fsp3) is 0.263. The molecule has 0 aromatic heterocycles. The maximum absolute atomic E-state index is 11.2. The van der Waals surface area contributed by atoms with Gasteiger partial charge in [-0.05, 0) is 59.6 Å². The Morgan fingerprint density at radius 2 is 1.92 bits per heavy atom. The maximum atomic E-state index is 11.2. The molecule has 2 aliphatic rings. The molecule has 2 aliphatic heterocycles. The highest BCUT2D eigenvalue weighted by molar-refractivity contribution is 9.10. The zero-order valence-corrected chi connectivity index (χ0v) is 15.7. The van der Waals surface area contributed by atoms with E-state index in [9.17, 15) is 10.1 Å². The van der Waals surface area contributed by atoms with E-state index in [2.05, 4.69) is 46.8 Å². The van der Waals surface area contributed by atoms with Gasteiger partial charge in [-0.1, -0.05) is 18.2 Å². The number of rotatable bonds is 1. The molecule has 6 heteroatoms. The quantitative estimate of drug-likeness (QED) is 0.505. The lowest BCUT2D eigenvalue weighted by Crippen LogP contribution is -2.58. The molecule has 2 aromatic rings. The number of para-hydroxylation sites is 1. The molecule has 0 amide bonds. The van der Waals surface area contributed by atoms with Gasteiger partial charge in [0, 0.05) is 24.4 Å². The summed E-state index contributed by atoms with van der Waals surface area (Å²) in [7, 11) is 2.02. The highest BCUT2D eigenvalue weighted by Crippen LogP contribution is 2.55. The first-order valence-corrected chi connectivity index (χ1v) is 8.77. The van der Waals surface area contributed by atoms with Crippen molar-refractivity contribution in [3.8, 4) is 5.75 Å². The van der Waals surface area contributed by atoms with Crippen molar-refractivity contribution in [3.63, 3.8) is 0 Å². The average Bonchev–Trinajstić information content (AvgIpc) is 2.74. The number of ether oxygens (including phenoxy) is 1. The molecule has 128 valence electrons. The summed E-state index contributed by atoms with van der Waals surface area (Å²) in [5.74, 6) is 0.632. The number of halogens is 1. The standard InChI is InChI=1S/C19H17BrN2O3/c1-18(2)13-6-4-5-7-14(13)21(3)19(18)11-10-12-16(25-19)9-8-15(17(12)20)22(23)24/h4-11H,1-3H3. The highest BCUT2D eigenvalue weighted by atomic mass is 79.9. The van der Waals surface area contributed by atoms with Crippen LogP contribution in [0.25, 0.3) is 6.08 Å². The third-order valence-electron chi connectivity index (χ3n) is 5.39. The second-order valence-corrected chi connectivity index (χ2v) is 7.69. The Labute approximate surface area is 154 Å². The van der Waals surface area contributed by atoms with Gasteiger partial charge in [0.15, 0.2) is 0 Å². The van der Waals surface area contributed by atoms with Gasteiger partial charge in [0.25, 0.3) is 5.69 Å². The molecule has 0 fully saturated rings. The van der Waals surface area contributed by atoms with Gasteiger partial charge in [-0.25, -0.2) is 0 Å². The summed E-state index contributed by atoms with van der Waals surface area (Å²) in [4.78, 5) is 12.9. The number of fused-ring (bicyclic) bond motifs is 2. The lowest BCUT2D eigenvalue weighted by atomic mass is 9.76. The van der Waals surface area contributed by atoms with Crippen LogP contribution >= 0.6 is 15.9 Å². The Bertz CT molecular complexity index is 938. The second kappa shape index (κ2) is 5.08. The van der Waals surface area contributed by atoms with Crippen LogP contribution in [0.2, 0.25) is 0 Å². The lowest BCUT2D eigenvalue weighted by molar-refractivity contribution is -0.385. The van der Waals surface area contributed by atoms with Crippen LogP contribution in [0.4, 0.5) is 11.4 Å². The molecule has 0 N–H and O–H groups in total. The number of likely N-dealkylation sites (N-methyl/N-ethyl adjacent to an activating group) is 1. The molecule has 4 rings (SSSR count). The normalized spacial score (nSPS) is 22.5. The van der Waals surface area contributed by atoms with Gasteiger partial charge < -0.3 is 9.64 Å². The van der Waals surface area contributed by atoms with E-state index in [0.717, 1.165) is 5.69 Å². The Morgan fingerprint density at radius 3 is 2.60 bits per heavy atom. The Kier molecular flexibility index (Phi) is 3.28. The number of nitro groups is 1. The summed E-state index contributed by atoms with van der Waals surface area (Å²) >= 11 is 3.35.